The number of aryl methyl sites for hydroxylation is 2. The van der Waals surface area contributed by atoms with Crippen LogP contribution in [0.5, 0.6) is 0 Å². The molecule has 0 saturated heterocycles. The van der Waals surface area contributed by atoms with Crippen molar-refractivity contribution in [1.82, 2.24) is 0 Å². The fourth-order valence-corrected chi connectivity index (χ4v) is 1.25. The lowest BCUT2D eigenvalue weighted by molar-refractivity contribution is -0.118. The van der Waals surface area contributed by atoms with Crippen molar-refractivity contribution in [3.63, 3.8) is 0 Å². The first-order valence-electron chi connectivity index (χ1n) is 5.09. The van der Waals surface area contributed by atoms with E-state index in [1.165, 1.54) is 0 Å². The average Bonchev–Trinajstić information content (AvgIpc) is 2.13. The Balaban J connectivity index is 2.96. The van der Waals surface area contributed by atoms with E-state index in [2.05, 4.69) is 5.32 Å². The van der Waals surface area contributed by atoms with Gasteiger partial charge in [-0.2, -0.15) is 0 Å². The van der Waals surface area contributed by atoms with Gasteiger partial charge in [-0.1, -0.05) is 13.8 Å². The average molecular weight is 206 g/mol. The lowest BCUT2D eigenvalue weighted by atomic mass is 10.1. The summed E-state index contributed by atoms with van der Waals surface area (Å²) in [5, 5.41) is 2.88. The maximum Gasteiger partial charge on any atom is 0.226 e. The van der Waals surface area contributed by atoms with Gasteiger partial charge in [-0.05, 0) is 37.1 Å². The highest BCUT2D eigenvalue weighted by molar-refractivity contribution is 5.93. The molecule has 82 valence electrons. The monoisotopic (exact) mass is 206 g/mol. The van der Waals surface area contributed by atoms with Crippen LogP contribution in [-0.4, -0.2) is 5.91 Å². The third kappa shape index (κ3) is 2.72. The predicted molar refractivity (Wildman–Crippen MR) is 63.8 cm³/mol. The maximum atomic E-state index is 11.5. The summed E-state index contributed by atoms with van der Waals surface area (Å²) in [6.07, 6.45) is 0. The van der Waals surface area contributed by atoms with Crippen LogP contribution in [0.1, 0.15) is 25.0 Å². The second-order valence-corrected chi connectivity index (χ2v) is 4.17. The minimum atomic E-state index is -0.0118. The van der Waals surface area contributed by atoms with Crippen LogP contribution in [0.4, 0.5) is 11.4 Å². The summed E-state index contributed by atoms with van der Waals surface area (Å²) in [7, 11) is 0. The van der Waals surface area contributed by atoms with Gasteiger partial charge in [-0.3, -0.25) is 4.79 Å². The van der Waals surface area contributed by atoms with E-state index < -0.39 is 0 Å². The van der Waals surface area contributed by atoms with Crippen LogP contribution in [0.15, 0.2) is 12.1 Å². The Morgan fingerprint density at radius 1 is 1.27 bits per heavy atom. The second-order valence-electron chi connectivity index (χ2n) is 4.17. The first-order chi connectivity index (χ1) is 6.91. The van der Waals surface area contributed by atoms with Crippen molar-refractivity contribution in [1.29, 1.82) is 0 Å². The summed E-state index contributed by atoms with van der Waals surface area (Å²) in [5.41, 5.74) is 9.35. The maximum absolute atomic E-state index is 11.5. The van der Waals surface area contributed by atoms with Crippen molar-refractivity contribution in [3.8, 4) is 0 Å². The molecule has 0 aliphatic rings. The SMILES string of the molecule is Cc1cc(NC(=O)C(C)C)c(C)cc1N. The van der Waals surface area contributed by atoms with Crippen LogP contribution < -0.4 is 11.1 Å². The molecule has 1 rings (SSSR count). The predicted octanol–water partition coefficient (Wildman–Crippen LogP) is 2.48. The summed E-state index contributed by atoms with van der Waals surface area (Å²) in [5.74, 6) is 0.0181. The van der Waals surface area contributed by atoms with Crippen molar-refractivity contribution in [2.24, 2.45) is 5.92 Å². The Kier molecular flexibility index (Phi) is 3.35. The molecule has 0 saturated carbocycles. The van der Waals surface area contributed by atoms with Crippen molar-refractivity contribution in [2.75, 3.05) is 11.1 Å². The van der Waals surface area contributed by atoms with Crippen LogP contribution in [-0.2, 0) is 4.79 Å². The highest BCUT2D eigenvalue weighted by Gasteiger charge is 2.09. The van der Waals surface area contributed by atoms with Crippen LogP contribution in [0.2, 0.25) is 0 Å². The van der Waals surface area contributed by atoms with Gasteiger partial charge >= 0.3 is 0 Å². The molecule has 3 nitrogen and oxygen atoms in total. The summed E-state index contributed by atoms with van der Waals surface area (Å²) in [6, 6.07) is 3.79. The summed E-state index contributed by atoms with van der Waals surface area (Å²) in [4.78, 5) is 11.5. The van der Waals surface area contributed by atoms with E-state index in [0.717, 1.165) is 22.5 Å². The number of amides is 1. The molecule has 0 aliphatic heterocycles. The Morgan fingerprint density at radius 3 is 2.40 bits per heavy atom. The number of carbonyl (C=O) groups excluding carboxylic acids is 1. The van der Waals surface area contributed by atoms with Crippen LogP contribution >= 0.6 is 0 Å². The number of nitrogens with two attached hydrogens (primary N) is 1. The highest BCUT2D eigenvalue weighted by Crippen LogP contribution is 2.22. The number of anilines is 2. The molecule has 15 heavy (non-hydrogen) atoms. The second kappa shape index (κ2) is 4.34. The lowest BCUT2D eigenvalue weighted by Gasteiger charge is -2.12. The molecule has 0 bridgehead atoms. The van der Waals surface area contributed by atoms with Gasteiger partial charge in [-0.15, -0.1) is 0 Å². The first-order valence-corrected chi connectivity index (χ1v) is 5.09. The molecular weight excluding hydrogens is 188 g/mol. The van der Waals surface area contributed by atoms with Crippen molar-refractivity contribution in [2.45, 2.75) is 27.7 Å². The molecule has 0 aromatic heterocycles. The van der Waals surface area contributed by atoms with Crippen molar-refractivity contribution < 1.29 is 4.79 Å². The van der Waals surface area contributed by atoms with E-state index >= 15 is 0 Å². The summed E-state index contributed by atoms with van der Waals surface area (Å²) >= 11 is 0. The Morgan fingerprint density at radius 2 is 1.87 bits per heavy atom. The number of nitrogens with one attached hydrogen (secondary N) is 1. The van der Waals surface area contributed by atoms with Gasteiger partial charge in [-0.25, -0.2) is 0 Å². The van der Waals surface area contributed by atoms with E-state index in [0.29, 0.717) is 0 Å². The number of hydrogen-bond acceptors (Lipinski definition) is 2. The molecule has 0 atom stereocenters. The number of rotatable bonds is 2. The normalized spacial score (nSPS) is 10.5. The lowest BCUT2D eigenvalue weighted by Crippen LogP contribution is -2.18. The Hall–Kier alpha value is -1.51. The molecule has 1 amide bonds. The van der Waals surface area contributed by atoms with E-state index in [1.807, 2.05) is 39.8 Å². The minimum absolute atomic E-state index is 0.0118. The summed E-state index contributed by atoms with van der Waals surface area (Å²) in [6.45, 7) is 7.61. The fraction of sp³-hybridized carbons (Fsp3) is 0.417. The van der Waals surface area contributed by atoms with E-state index in [4.69, 9.17) is 5.73 Å². The Bertz CT molecular complexity index is 383. The quantitative estimate of drug-likeness (QED) is 0.730. The molecular formula is C12H18N2O. The van der Waals surface area contributed by atoms with E-state index in [9.17, 15) is 4.79 Å². The molecule has 3 heteroatoms. The molecule has 0 radical (unpaired) electrons. The van der Waals surface area contributed by atoms with E-state index in [-0.39, 0.29) is 11.8 Å². The number of benzene rings is 1. The van der Waals surface area contributed by atoms with Gasteiger partial charge in [0.05, 0.1) is 0 Å². The zero-order chi connectivity index (χ0) is 11.6. The number of nitrogen functional groups attached to an aromatic ring is 1. The van der Waals surface area contributed by atoms with Crippen molar-refractivity contribution >= 4 is 17.3 Å². The van der Waals surface area contributed by atoms with Crippen LogP contribution in [0.3, 0.4) is 0 Å². The number of hydrogen-bond donors (Lipinski definition) is 2. The molecule has 0 fully saturated rings. The molecule has 0 unspecified atom stereocenters. The Labute approximate surface area is 90.7 Å². The molecule has 0 spiro atoms. The summed E-state index contributed by atoms with van der Waals surface area (Å²) < 4.78 is 0. The smallest absolute Gasteiger partial charge is 0.226 e. The van der Waals surface area contributed by atoms with Crippen molar-refractivity contribution in [3.05, 3.63) is 23.3 Å². The largest absolute Gasteiger partial charge is 0.399 e. The molecule has 0 aliphatic carbocycles. The standard InChI is InChI=1S/C12H18N2O/c1-7(2)12(15)14-11-6-8(3)10(13)5-9(11)4/h5-7H,13H2,1-4H3,(H,14,15). The molecule has 1 aromatic carbocycles. The fourth-order valence-electron chi connectivity index (χ4n) is 1.25. The van der Waals surface area contributed by atoms with Gasteiger partial charge in [0.1, 0.15) is 0 Å². The third-order valence-corrected chi connectivity index (χ3v) is 2.40. The van der Waals surface area contributed by atoms with Gasteiger partial charge < -0.3 is 11.1 Å². The van der Waals surface area contributed by atoms with Crippen LogP contribution in [0, 0.1) is 19.8 Å². The van der Waals surface area contributed by atoms with Gasteiger partial charge in [0.15, 0.2) is 0 Å². The topological polar surface area (TPSA) is 55.1 Å². The van der Waals surface area contributed by atoms with Gasteiger partial charge in [0, 0.05) is 17.3 Å². The minimum Gasteiger partial charge on any atom is -0.399 e. The zero-order valence-electron chi connectivity index (χ0n) is 9.72. The van der Waals surface area contributed by atoms with Gasteiger partial charge in [0.2, 0.25) is 5.91 Å². The number of carbonyl (C=O) groups is 1. The molecule has 1 aromatic rings. The van der Waals surface area contributed by atoms with E-state index in [1.54, 1.807) is 0 Å². The van der Waals surface area contributed by atoms with Gasteiger partial charge in [0.25, 0.3) is 0 Å². The molecule has 3 N–H and O–H groups in total. The third-order valence-electron chi connectivity index (χ3n) is 2.40. The highest BCUT2D eigenvalue weighted by atomic mass is 16.1. The van der Waals surface area contributed by atoms with Crippen LogP contribution in [0.25, 0.3) is 0 Å². The molecule has 0 heterocycles. The zero-order valence-corrected chi connectivity index (χ0v) is 9.72. The first kappa shape index (κ1) is 11.6.